The first kappa shape index (κ1) is 14.0. The van der Waals surface area contributed by atoms with Gasteiger partial charge in [-0.25, -0.2) is 18.1 Å². The third kappa shape index (κ3) is 4.33. The van der Waals surface area contributed by atoms with Crippen molar-refractivity contribution in [1.82, 2.24) is 9.73 Å². The van der Waals surface area contributed by atoms with Crippen LogP contribution in [0.2, 0.25) is 0 Å². The summed E-state index contributed by atoms with van der Waals surface area (Å²) in [6, 6.07) is 6.65. The molecule has 0 amide bonds. The number of hydrogen-bond donors (Lipinski definition) is 2. The lowest BCUT2D eigenvalue weighted by Gasteiger charge is -2.13. The second-order valence-electron chi connectivity index (χ2n) is 3.93. The quantitative estimate of drug-likeness (QED) is 0.753. The molecule has 0 unspecified atom stereocenters. The van der Waals surface area contributed by atoms with Crippen molar-refractivity contribution in [2.75, 3.05) is 26.1 Å². The van der Waals surface area contributed by atoms with Gasteiger partial charge in [-0.3, -0.25) is 0 Å². The third-order valence-electron chi connectivity index (χ3n) is 2.06. The molecule has 17 heavy (non-hydrogen) atoms. The van der Waals surface area contributed by atoms with Crippen LogP contribution in [-0.2, 0) is 10.0 Å². The van der Waals surface area contributed by atoms with Crippen molar-refractivity contribution in [2.45, 2.75) is 18.2 Å². The average Bonchev–Trinajstić information content (AvgIpc) is 2.26. The Bertz CT molecular complexity index is 440. The van der Waals surface area contributed by atoms with Crippen LogP contribution >= 0.6 is 0 Å². The molecule has 0 aromatic heterocycles. The summed E-state index contributed by atoms with van der Waals surface area (Å²) >= 11 is 0. The highest BCUT2D eigenvalue weighted by molar-refractivity contribution is 7.89. The molecule has 0 aliphatic rings. The van der Waals surface area contributed by atoms with Gasteiger partial charge in [-0.2, -0.15) is 0 Å². The lowest BCUT2D eigenvalue weighted by molar-refractivity contribution is 0.495. The zero-order valence-corrected chi connectivity index (χ0v) is 11.2. The van der Waals surface area contributed by atoms with Gasteiger partial charge in [0.25, 0.3) is 0 Å². The van der Waals surface area contributed by atoms with Gasteiger partial charge >= 0.3 is 0 Å². The first-order valence-corrected chi connectivity index (χ1v) is 6.97. The summed E-state index contributed by atoms with van der Waals surface area (Å²) in [7, 11) is 0.378. The monoisotopic (exact) mass is 257 g/mol. The summed E-state index contributed by atoms with van der Waals surface area (Å²) in [5.74, 6) is 0. The summed E-state index contributed by atoms with van der Waals surface area (Å²) in [4.78, 5) is 0.287. The summed E-state index contributed by atoms with van der Waals surface area (Å²) in [5, 5.41) is 1.79. The van der Waals surface area contributed by atoms with E-state index in [-0.39, 0.29) is 4.90 Å². The van der Waals surface area contributed by atoms with Gasteiger partial charge in [0.2, 0.25) is 10.0 Å². The third-order valence-corrected chi connectivity index (χ3v) is 3.54. The molecule has 0 atom stereocenters. The van der Waals surface area contributed by atoms with Gasteiger partial charge in [0, 0.05) is 26.3 Å². The Kier molecular flexibility index (Phi) is 4.92. The molecule has 0 heterocycles. The summed E-state index contributed by atoms with van der Waals surface area (Å²) in [6.07, 6.45) is 0.777. The van der Waals surface area contributed by atoms with Gasteiger partial charge < -0.3 is 5.43 Å². The number of sulfonamides is 1. The van der Waals surface area contributed by atoms with Crippen LogP contribution in [0.25, 0.3) is 0 Å². The van der Waals surface area contributed by atoms with Crippen molar-refractivity contribution in [3.63, 3.8) is 0 Å². The zero-order valence-electron chi connectivity index (χ0n) is 10.4. The van der Waals surface area contributed by atoms with Gasteiger partial charge in [0.1, 0.15) is 0 Å². The predicted octanol–water partition coefficient (Wildman–Crippen LogP) is 1.26. The fourth-order valence-electron chi connectivity index (χ4n) is 1.29. The highest BCUT2D eigenvalue weighted by Crippen LogP contribution is 2.13. The van der Waals surface area contributed by atoms with E-state index in [9.17, 15) is 8.42 Å². The van der Waals surface area contributed by atoms with Gasteiger partial charge in [0.15, 0.2) is 0 Å². The number of rotatable bonds is 6. The van der Waals surface area contributed by atoms with E-state index in [2.05, 4.69) is 10.1 Å². The first-order chi connectivity index (χ1) is 7.95. The highest BCUT2D eigenvalue weighted by atomic mass is 32.2. The molecule has 0 aliphatic carbocycles. The minimum absolute atomic E-state index is 0.287. The second-order valence-corrected chi connectivity index (χ2v) is 5.70. The largest absolute Gasteiger partial charge is 0.319 e. The van der Waals surface area contributed by atoms with E-state index < -0.39 is 10.0 Å². The fraction of sp³-hybridized carbons (Fsp3) is 0.455. The topological polar surface area (TPSA) is 61.4 Å². The van der Waals surface area contributed by atoms with Crippen molar-refractivity contribution in [2.24, 2.45) is 0 Å². The minimum Gasteiger partial charge on any atom is -0.319 e. The smallest absolute Gasteiger partial charge is 0.240 e. The maximum absolute atomic E-state index is 11.8. The van der Waals surface area contributed by atoms with Gasteiger partial charge in [-0.15, -0.1) is 0 Å². The second kappa shape index (κ2) is 6.00. The SMILES string of the molecule is CCCNS(=O)(=O)c1ccc(NN(C)C)cc1. The molecule has 0 fully saturated rings. The van der Waals surface area contributed by atoms with Crippen LogP contribution in [0.1, 0.15) is 13.3 Å². The van der Waals surface area contributed by atoms with Crippen molar-refractivity contribution < 1.29 is 8.42 Å². The van der Waals surface area contributed by atoms with Crippen LogP contribution in [0.4, 0.5) is 5.69 Å². The van der Waals surface area contributed by atoms with Crippen molar-refractivity contribution >= 4 is 15.7 Å². The van der Waals surface area contributed by atoms with Crippen LogP contribution in [0.5, 0.6) is 0 Å². The Labute approximate surface area is 103 Å². The molecule has 6 heteroatoms. The molecular formula is C11H19N3O2S. The number of benzene rings is 1. The molecule has 0 saturated heterocycles. The van der Waals surface area contributed by atoms with Crippen LogP contribution < -0.4 is 10.1 Å². The van der Waals surface area contributed by atoms with Crippen LogP contribution in [-0.4, -0.2) is 34.1 Å². The van der Waals surface area contributed by atoms with E-state index in [1.165, 1.54) is 0 Å². The van der Waals surface area contributed by atoms with E-state index in [0.29, 0.717) is 6.54 Å². The van der Waals surface area contributed by atoms with E-state index in [4.69, 9.17) is 0 Å². The Morgan fingerprint density at radius 2 is 1.76 bits per heavy atom. The molecule has 96 valence electrons. The summed E-state index contributed by atoms with van der Waals surface area (Å²) in [5.41, 5.74) is 3.90. The molecule has 0 bridgehead atoms. The lowest BCUT2D eigenvalue weighted by atomic mass is 10.3. The van der Waals surface area contributed by atoms with Crippen LogP contribution in [0, 0.1) is 0 Å². The molecule has 2 N–H and O–H groups in total. The molecule has 0 saturated carbocycles. The average molecular weight is 257 g/mol. The van der Waals surface area contributed by atoms with E-state index >= 15 is 0 Å². The van der Waals surface area contributed by atoms with E-state index in [1.54, 1.807) is 29.3 Å². The van der Waals surface area contributed by atoms with E-state index in [1.807, 2.05) is 21.0 Å². The van der Waals surface area contributed by atoms with Gasteiger partial charge in [-0.05, 0) is 30.7 Å². The zero-order chi connectivity index (χ0) is 12.9. The van der Waals surface area contributed by atoms with Gasteiger partial charge in [0.05, 0.1) is 4.90 Å². The number of hydrazine groups is 1. The van der Waals surface area contributed by atoms with E-state index in [0.717, 1.165) is 12.1 Å². The lowest BCUT2D eigenvalue weighted by Crippen LogP contribution is -2.24. The maximum atomic E-state index is 11.8. The Balaban J connectivity index is 2.80. The molecule has 0 aliphatic heterocycles. The number of hydrogen-bond acceptors (Lipinski definition) is 4. The molecule has 0 radical (unpaired) electrons. The fourth-order valence-corrected chi connectivity index (χ4v) is 2.42. The summed E-state index contributed by atoms with van der Waals surface area (Å²) < 4.78 is 26.1. The molecule has 1 rings (SSSR count). The number of nitrogens with one attached hydrogen (secondary N) is 2. The number of nitrogens with zero attached hydrogens (tertiary/aromatic N) is 1. The minimum atomic E-state index is -3.36. The molecular weight excluding hydrogens is 238 g/mol. The Hall–Kier alpha value is -1.11. The summed E-state index contributed by atoms with van der Waals surface area (Å²) in [6.45, 7) is 2.38. The maximum Gasteiger partial charge on any atom is 0.240 e. The van der Waals surface area contributed by atoms with Crippen molar-refractivity contribution in [3.8, 4) is 0 Å². The number of anilines is 1. The molecule has 0 spiro atoms. The molecule has 1 aromatic carbocycles. The normalized spacial score (nSPS) is 11.8. The molecule has 1 aromatic rings. The molecule has 5 nitrogen and oxygen atoms in total. The van der Waals surface area contributed by atoms with Crippen molar-refractivity contribution in [1.29, 1.82) is 0 Å². The Morgan fingerprint density at radius 3 is 2.24 bits per heavy atom. The van der Waals surface area contributed by atoms with Crippen LogP contribution in [0.3, 0.4) is 0 Å². The first-order valence-electron chi connectivity index (χ1n) is 5.49. The Morgan fingerprint density at radius 1 is 1.18 bits per heavy atom. The van der Waals surface area contributed by atoms with Crippen LogP contribution in [0.15, 0.2) is 29.2 Å². The van der Waals surface area contributed by atoms with Gasteiger partial charge in [-0.1, -0.05) is 6.92 Å². The standard InChI is InChI=1S/C11H19N3O2S/c1-4-9-12-17(15,16)11-7-5-10(6-8-11)13-14(2)3/h5-8,12-13H,4,9H2,1-3H3. The predicted molar refractivity (Wildman–Crippen MR) is 69.2 cm³/mol. The highest BCUT2D eigenvalue weighted by Gasteiger charge is 2.12. The van der Waals surface area contributed by atoms with Crippen molar-refractivity contribution in [3.05, 3.63) is 24.3 Å².